The molecule has 0 saturated heterocycles. The number of methoxy groups -OCH3 is 1. The molecule has 3 N–H and O–H groups in total. The number of hydrogen-bond acceptors (Lipinski definition) is 3. The fraction of sp³-hybridized carbons (Fsp3) is 0.100. The second-order valence-electron chi connectivity index (χ2n) is 3.05. The van der Waals surface area contributed by atoms with E-state index in [4.69, 9.17) is 10.5 Å². The molecule has 0 spiro atoms. The Morgan fingerprint density at radius 1 is 1.47 bits per heavy atom. The molecule has 15 heavy (non-hydrogen) atoms. The molecular weight excluding hydrogens is 197 g/mol. The summed E-state index contributed by atoms with van der Waals surface area (Å²) in [6, 6.07) is 4.54. The zero-order chi connectivity index (χ0) is 10.8. The number of benzene rings is 1. The number of halogens is 1. The van der Waals surface area contributed by atoms with Crippen LogP contribution in [0.4, 0.5) is 10.2 Å². The molecule has 2 rings (SSSR count). The summed E-state index contributed by atoms with van der Waals surface area (Å²) in [4.78, 5) is 0. The molecule has 1 heterocycles. The van der Waals surface area contributed by atoms with E-state index >= 15 is 0 Å². The smallest absolute Gasteiger partial charge is 0.165 e. The van der Waals surface area contributed by atoms with Crippen LogP contribution < -0.4 is 10.5 Å². The minimum atomic E-state index is -0.400. The number of aromatic amines is 1. The van der Waals surface area contributed by atoms with Gasteiger partial charge in [0.25, 0.3) is 0 Å². The number of nitrogens with two attached hydrogens (primary N) is 1. The highest BCUT2D eigenvalue weighted by atomic mass is 19.1. The molecule has 0 unspecified atom stereocenters. The third-order valence-corrected chi connectivity index (χ3v) is 2.13. The van der Waals surface area contributed by atoms with Gasteiger partial charge in [0.15, 0.2) is 11.6 Å². The minimum absolute atomic E-state index is 0.188. The van der Waals surface area contributed by atoms with Crippen LogP contribution in [0.1, 0.15) is 0 Å². The number of nitrogens with one attached hydrogen (secondary N) is 1. The standard InChI is InChI=1S/C10H10FN3O/c1-15-9-4-6(2-3-8(9)11)7-5-13-14-10(7)12/h2-5H,1H3,(H3,12,13,14). The highest BCUT2D eigenvalue weighted by Gasteiger charge is 2.08. The number of rotatable bonds is 2. The second-order valence-corrected chi connectivity index (χ2v) is 3.05. The van der Waals surface area contributed by atoms with Crippen LogP contribution in [0.2, 0.25) is 0 Å². The number of ether oxygens (including phenoxy) is 1. The largest absolute Gasteiger partial charge is 0.494 e. The molecule has 0 aliphatic heterocycles. The number of aromatic nitrogens is 2. The SMILES string of the molecule is COc1cc(-c2cn[nH]c2N)ccc1F. The Labute approximate surface area is 85.9 Å². The van der Waals surface area contributed by atoms with Gasteiger partial charge in [0.2, 0.25) is 0 Å². The number of nitrogen functional groups attached to an aromatic ring is 1. The van der Waals surface area contributed by atoms with Crippen molar-refractivity contribution in [1.29, 1.82) is 0 Å². The molecule has 2 aromatic rings. The van der Waals surface area contributed by atoms with Gasteiger partial charge in [0.1, 0.15) is 5.82 Å². The monoisotopic (exact) mass is 207 g/mol. The first kappa shape index (κ1) is 9.51. The molecule has 0 bridgehead atoms. The van der Waals surface area contributed by atoms with Crippen molar-refractivity contribution in [2.75, 3.05) is 12.8 Å². The van der Waals surface area contributed by atoms with E-state index in [2.05, 4.69) is 10.2 Å². The fourth-order valence-corrected chi connectivity index (χ4v) is 1.35. The van der Waals surface area contributed by atoms with Crippen LogP contribution in [-0.4, -0.2) is 17.3 Å². The Morgan fingerprint density at radius 2 is 2.27 bits per heavy atom. The van der Waals surface area contributed by atoms with Crippen LogP contribution in [0.5, 0.6) is 5.75 Å². The van der Waals surface area contributed by atoms with Crippen molar-refractivity contribution in [2.45, 2.75) is 0 Å². The molecular formula is C10H10FN3O. The van der Waals surface area contributed by atoms with Gasteiger partial charge < -0.3 is 10.5 Å². The van der Waals surface area contributed by atoms with Gasteiger partial charge in [0.05, 0.1) is 13.3 Å². The minimum Gasteiger partial charge on any atom is -0.494 e. The Bertz CT molecular complexity index is 481. The summed E-state index contributed by atoms with van der Waals surface area (Å²) in [6.45, 7) is 0. The Balaban J connectivity index is 2.51. The van der Waals surface area contributed by atoms with Crippen LogP contribution in [-0.2, 0) is 0 Å². The van der Waals surface area contributed by atoms with Crippen molar-refractivity contribution in [2.24, 2.45) is 0 Å². The number of H-pyrrole nitrogens is 1. The van der Waals surface area contributed by atoms with E-state index in [0.717, 1.165) is 11.1 Å². The predicted molar refractivity (Wildman–Crippen MR) is 54.9 cm³/mol. The maximum atomic E-state index is 13.1. The van der Waals surface area contributed by atoms with E-state index < -0.39 is 5.82 Å². The van der Waals surface area contributed by atoms with Crippen molar-refractivity contribution >= 4 is 5.82 Å². The van der Waals surface area contributed by atoms with E-state index in [0.29, 0.717) is 5.82 Å². The van der Waals surface area contributed by atoms with Crippen molar-refractivity contribution in [3.8, 4) is 16.9 Å². The fourth-order valence-electron chi connectivity index (χ4n) is 1.35. The van der Waals surface area contributed by atoms with Gasteiger partial charge in [-0.15, -0.1) is 0 Å². The third-order valence-electron chi connectivity index (χ3n) is 2.13. The number of nitrogens with zero attached hydrogens (tertiary/aromatic N) is 1. The van der Waals surface area contributed by atoms with E-state index in [1.807, 2.05) is 0 Å². The van der Waals surface area contributed by atoms with Crippen LogP contribution >= 0.6 is 0 Å². The highest BCUT2D eigenvalue weighted by molar-refractivity contribution is 5.73. The van der Waals surface area contributed by atoms with Crippen molar-refractivity contribution < 1.29 is 9.13 Å². The summed E-state index contributed by atoms with van der Waals surface area (Å²) in [7, 11) is 1.42. The zero-order valence-corrected chi connectivity index (χ0v) is 8.12. The van der Waals surface area contributed by atoms with Crippen molar-refractivity contribution in [1.82, 2.24) is 10.2 Å². The summed E-state index contributed by atoms with van der Waals surface area (Å²) in [5.41, 5.74) is 7.14. The summed E-state index contributed by atoms with van der Waals surface area (Å²) in [5.74, 6) is 0.236. The predicted octanol–water partition coefficient (Wildman–Crippen LogP) is 1.81. The first-order valence-electron chi connectivity index (χ1n) is 4.35. The molecule has 0 amide bonds. The lowest BCUT2D eigenvalue weighted by atomic mass is 10.1. The zero-order valence-electron chi connectivity index (χ0n) is 8.12. The first-order chi connectivity index (χ1) is 7.22. The van der Waals surface area contributed by atoms with Gasteiger partial charge in [-0.2, -0.15) is 5.10 Å². The summed E-state index contributed by atoms with van der Waals surface area (Å²) < 4.78 is 18.0. The van der Waals surface area contributed by atoms with Crippen LogP contribution in [0.15, 0.2) is 24.4 Å². The lowest BCUT2D eigenvalue weighted by Crippen LogP contribution is -1.91. The summed E-state index contributed by atoms with van der Waals surface area (Å²) in [6.07, 6.45) is 1.59. The van der Waals surface area contributed by atoms with Gasteiger partial charge in [-0.25, -0.2) is 4.39 Å². The Kier molecular flexibility index (Phi) is 2.29. The van der Waals surface area contributed by atoms with Gasteiger partial charge in [-0.3, -0.25) is 5.10 Å². The molecule has 0 fully saturated rings. The second kappa shape index (κ2) is 3.61. The van der Waals surface area contributed by atoms with Crippen LogP contribution in [0.3, 0.4) is 0 Å². The summed E-state index contributed by atoms with van der Waals surface area (Å²) >= 11 is 0. The quantitative estimate of drug-likeness (QED) is 0.789. The Hall–Kier alpha value is -2.04. The average molecular weight is 207 g/mol. The van der Waals surface area contributed by atoms with Crippen molar-refractivity contribution in [3.63, 3.8) is 0 Å². The van der Waals surface area contributed by atoms with E-state index in [1.54, 1.807) is 18.3 Å². The van der Waals surface area contributed by atoms with Crippen molar-refractivity contribution in [3.05, 3.63) is 30.2 Å². The molecule has 5 heteroatoms. The topological polar surface area (TPSA) is 63.9 Å². The molecule has 0 radical (unpaired) electrons. The molecule has 0 aliphatic rings. The highest BCUT2D eigenvalue weighted by Crippen LogP contribution is 2.28. The molecule has 0 aliphatic carbocycles. The van der Waals surface area contributed by atoms with Crippen LogP contribution in [0.25, 0.3) is 11.1 Å². The molecule has 1 aromatic heterocycles. The van der Waals surface area contributed by atoms with E-state index in [9.17, 15) is 4.39 Å². The number of anilines is 1. The van der Waals surface area contributed by atoms with Gasteiger partial charge in [-0.1, -0.05) is 6.07 Å². The lowest BCUT2D eigenvalue weighted by Gasteiger charge is -2.04. The first-order valence-corrected chi connectivity index (χ1v) is 4.35. The molecule has 0 saturated carbocycles. The maximum absolute atomic E-state index is 13.1. The normalized spacial score (nSPS) is 10.3. The molecule has 1 aromatic carbocycles. The molecule has 0 atom stereocenters. The Morgan fingerprint density at radius 3 is 2.87 bits per heavy atom. The van der Waals surface area contributed by atoms with E-state index in [1.165, 1.54) is 13.2 Å². The average Bonchev–Trinajstić information content (AvgIpc) is 2.65. The maximum Gasteiger partial charge on any atom is 0.165 e. The lowest BCUT2D eigenvalue weighted by molar-refractivity contribution is 0.387. The van der Waals surface area contributed by atoms with Gasteiger partial charge >= 0.3 is 0 Å². The molecule has 4 nitrogen and oxygen atoms in total. The summed E-state index contributed by atoms with van der Waals surface area (Å²) in [5, 5.41) is 6.40. The van der Waals surface area contributed by atoms with E-state index in [-0.39, 0.29) is 5.75 Å². The van der Waals surface area contributed by atoms with Crippen LogP contribution in [0, 0.1) is 5.82 Å². The number of hydrogen-bond donors (Lipinski definition) is 2. The molecule has 78 valence electrons. The third kappa shape index (κ3) is 1.63. The van der Waals surface area contributed by atoms with Gasteiger partial charge in [-0.05, 0) is 17.7 Å². The van der Waals surface area contributed by atoms with Gasteiger partial charge in [0, 0.05) is 5.56 Å².